The predicted octanol–water partition coefficient (Wildman–Crippen LogP) is 4.36. The van der Waals surface area contributed by atoms with Gasteiger partial charge in [-0.3, -0.25) is 0 Å². The van der Waals surface area contributed by atoms with Crippen LogP contribution in [0.15, 0.2) is 71.2 Å². The van der Waals surface area contributed by atoms with Crippen molar-refractivity contribution in [1.82, 2.24) is 4.98 Å². The number of hydrogen-bond donors (Lipinski definition) is 0. The number of rotatable bonds is 5. The second kappa shape index (κ2) is 6.81. The second-order valence-corrected chi connectivity index (χ2v) is 5.30. The molecule has 0 amide bonds. The molecule has 0 fully saturated rings. The molecule has 0 saturated heterocycles. The van der Waals surface area contributed by atoms with Gasteiger partial charge in [-0.2, -0.15) is 0 Å². The van der Waals surface area contributed by atoms with Crippen LogP contribution in [0.4, 0.5) is 0 Å². The molecule has 0 atom stereocenters. The topological polar surface area (TPSA) is 34.5 Å². The molecule has 0 aliphatic carbocycles. The average Bonchev–Trinajstić information content (AvgIpc) is 3.02. The zero-order valence-corrected chi connectivity index (χ0v) is 12.2. The highest BCUT2D eigenvalue weighted by Gasteiger charge is 2.02. The Balaban J connectivity index is 1.58. The first-order valence-electron chi connectivity index (χ1n) is 6.62. The van der Waals surface area contributed by atoms with Crippen LogP contribution in [0, 0.1) is 0 Å². The minimum atomic E-state index is 0.465. The van der Waals surface area contributed by atoms with Crippen LogP contribution in [0.2, 0.25) is 0 Å². The molecule has 1 heterocycles. The highest BCUT2D eigenvalue weighted by atomic mass is 32.1. The summed E-state index contributed by atoms with van der Waals surface area (Å²) in [7, 11) is 0. The van der Waals surface area contributed by atoms with Crippen LogP contribution in [0.1, 0.15) is 11.3 Å². The Bertz CT molecular complexity index is 708. The first-order chi connectivity index (χ1) is 10.4. The molecule has 0 N–H and O–H groups in total. The maximum absolute atomic E-state index is 5.27. The molecule has 2 aromatic carbocycles. The summed E-state index contributed by atoms with van der Waals surface area (Å²) < 4.78 is 0. The van der Waals surface area contributed by atoms with Crippen molar-refractivity contribution < 1.29 is 4.84 Å². The molecule has 21 heavy (non-hydrogen) atoms. The van der Waals surface area contributed by atoms with Crippen LogP contribution in [0.25, 0.3) is 10.6 Å². The van der Waals surface area contributed by atoms with Gasteiger partial charge < -0.3 is 4.84 Å². The fourth-order valence-electron chi connectivity index (χ4n) is 1.84. The quantitative estimate of drug-likeness (QED) is 0.517. The van der Waals surface area contributed by atoms with Gasteiger partial charge in [0.1, 0.15) is 11.6 Å². The largest absolute Gasteiger partial charge is 0.391 e. The van der Waals surface area contributed by atoms with Crippen molar-refractivity contribution in [3.63, 3.8) is 0 Å². The third-order valence-electron chi connectivity index (χ3n) is 2.88. The Hall–Kier alpha value is -2.46. The molecule has 1 aromatic heterocycles. The second-order valence-electron chi connectivity index (χ2n) is 4.44. The zero-order chi connectivity index (χ0) is 14.3. The van der Waals surface area contributed by atoms with Crippen molar-refractivity contribution in [2.75, 3.05) is 0 Å². The molecule has 0 radical (unpaired) electrons. The first kappa shape index (κ1) is 13.5. The van der Waals surface area contributed by atoms with Crippen molar-refractivity contribution in [2.24, 2.45) is 5.16 Å². The van der Waals surface area contributed by atoms with E-state index in [4.69, 9.17) is 4.84 Å². The molecular formula is C17H14N2OS. The van der Waals surface area contributed by atoms with E-state index in [-0.39, 0.29) is 0 Å². The van der Waals surface area contributed by atoms with Crippen molar-refractivity contribution >= 4 is 17.6 Å². The summed E-state index contributed by atoms with van der Waals surface area (Å²) in [5.41, 5.74) is 3.03. The number of nitrogens with zero attached hydrogens (tertiary/aromatic N) is 2. The van der Waals surface area contributed by atoms with Gasteiger partial charge in [0.15, 0.2) is 0 Å². The van der Waals surface area contributed by atoms with Crippen LogP contribution in [0.5, 0.6) is 0 Å². The highest BCUT2D eigenvalue weighted by molar-refractivity contribution is 7.13. The molecule has 0 spiro atoms. The minimum Gasteiger partial charge on any atom is -0.391 e. The summed E-state index contributed by atoms with van der Waals surface area (Å²) in [6, 6.07) is 20.1. The van der Waals surface area contributed by atoms with Crippen molar-refractivity contribution in [3.8, 4) is 10.6 Å². The molecule has 0 aliphatic rings. The van der Waals surface area contributed by atoms with Crippen LogP contribution >= 0.6 is 11.3 Å². The van der Waals surface area contributed by atoms with Gasteiger partial charge in [-0.1, -0.05) is 65.8 Å². The van der Waals surface area contributed by atoms with Gasteiger partial charge >= 0.3 is 0 Å². The van der Waals surface area contributed by atoms with Crippen molar-refractivity contribution in [3.05, 3.63) is 77.3 Å². The van der Waals surface area contributed by atoms with Gasteiger partial charge in [0.25, 0.3) is 0 Å². The summed E-state index contributed by atoms with van der Waals surface area (Å²) in [5, 5.41) is 6.92. The van der Waals surface area contributed by atoms with E-state index in [0.29, 0.717) is 6.61 Å². The molecule has 0 bridgehead atoms. The average molecular weight is 294 g/mol. The van der Waals surface area contributed by atoms with Gasteiger partial charge in [-0.25, -0.2) is 4.98 Å². The van der Waals surface area contributed by atoms with Crippen LogP contribution in [0.3, 0.4) is 0 Å². The summed E-state index contributed by atoms with van der Waals surface area (Å²) in [5.74, 6) is 0. The SMILES string of the molecule is C(=N\OCc1ccccc1)/c1csc(-c2ccccc2)n1. The lowest BCUT2D eigenvalue weighted by molar-refractivity contribution is 0.132. The predicted molar refractivity (Wildman–Crippen MR) is 86.4 cm³/mol. The molecule has 0 unspecified atom stereocenters. The fraction of sp³-hybridized carbons (Fsp3) is 0.0588. The van der Waals surface area contributed by atoms with E-state index < -0.39 is 0 Å². The van der Waals surface area contributed by atoms with Crippen LogP contribution in [-0.4, -0.2) is 11.2 Å². The van der Waals surface area contributed by atoms with E-state index in [0.717, 1.165) is 21.8 Å². The van der Waals surface area contributed by atoms with Gasteiger partial charge in [-0.05, 0) is 5.56 Å². The van der Waals surface area contributed by atoms with E-state index in [1.54, 1.807) is 17.6 Å². The summed E-state index contributed by atoms with van der Waals surface area (Å²) in [6.07, 6.45) is 1.64. The number of thiazole rings is 1. The van der Waals surface area contributed by atoms with Gasteiger partial charge in [-0.15, -0.1) is 11.3 Å². The molecule has 3 rings (SSSR count). The summed E-state index contributed by atoms with van der Waals surface area (Å²) in [4.78, 5) is 9.79. The monoisotopic (exact) mass is 294 g/mol. The third kappa shape index (κ3) is 3.77. The molecule has 104 valence electrons. The van der Waals surface area contributed by atoms with E-state index in [2.05, 4.69) is 10.1 Å². The fourth-order valence-corrected chi connectivity index (χ4v) is 2.61. The standard InChI is InChI=1S/C17H14N2OS/c1-3-7-14(8-4-1)12-20-18-11-16-13-21-17(19-16)15-9-5-2-6-10-15/h1-11,13H,12H2/b18-11+. The molecule has 0 aliphatic heterocycles. The summed E-state index contributed by atoms with van der Waals surface area (Å²) >= 11 is 1.60. The van der Waals surface area contributed by atoms with Gasteiger partial charge in [0.2, 0.25) is 0 Å². The van der Waals surface area contributed by atoms with Crippen LogP contribution in [-0.2, 0) is 11.4 Å². The number of aromatic nitrogens is 1. The van der Waals surface area contributed by atoms with Crippen molar-refractivity contribution in [1.29, 1.82) is 0 Å². The Labute approximate surface area is 127 Å². The van der Waals surface area contributed by atoms with Gasteiger partial charge in [0, 0.05) is 10.9 Å². The highest BCUT2D eigenvalue weighted by Crippen LogP contribution is 2.22. The van der Waals surface area contributed by atoms with E-state index in [9.17, 15) is 0 Å². The molecule has 4 heteroatoms. The number of hydrogen-bond acceptors (Lipinski definition) is 4. The van der Waals surface area contributed by atoms with Crippen molar-refractivity contribution in [2.45, 2.75) is 6.61 Å². The third-order valence-corrected chi connectivity index (χ3v) is 3.79. The first-order valence-corrected chi connectivity index (χ1v) is 7.50. The smallest absolute Gasteiger partial charge is 0.142 e. The number of benzene rings is 2. The van der Waals surface area contributed by atoms with Gasteiger partial charge in [0.05, 0.1) is 11.9 Å². The Kier molecular flexibility index (Phi) is 4.39. The van der Waals surface area contributed by atoms with E-state index in [1.807, 2.05) is 66.0 Å². The zero-order valence-electron chi connectivity index (χ0n) is 11.3. The molecule has 0 saturated carbocycles. The lowest BCUT2D eigenvalue weighted by Gasteiger charge is -1.97. The summed E-state index contributed by atoms with van der Waals surface area (Å²) in [6.45, 7) is 0.465. The lowest BCUT2D eigenvalue weighted by atomic mass is 10.2. The Morgan fingerprint density at radius 3 is 2.48 bits per heavy atom. The number of oxime groups is 1. The Morgan fingerprint density at radius 1 is 1.00 bits per heavy atom. The van der Waals surface area contributed by atoms with E-state index >= 15 is 0 Å². The molecule has 3 aromatic rings. The lowest BCUT2D eigenvalue weighted by Crippen LogP contribution is -1.88. The Morgan fingerprint density at radius 2 is 1.71 bits per heavy atom. The minimum absolute atomic E-state index is 0.465. The van der Waals surface area contributed by atoms with E-state index in [1.165, 1.54) is 0 Å². The van der Waals surface area contributed by atoms with Crippen LogP contribution < -0.4 is 0 Å². The maximum atomic E-state index is 5.27. The maximum Gasteiger partial charge on any atom is 0.142 e. The molecular weight excluding hydrogens is 280 g/mol. The normalized spacial score (nSPS) is 10.9. The molecule has 3 nitrogen and oxygen atoms in total.